The molecule has 2 amide bonds. The van der Waals surface area contributed by atoms with Crippen molar-refractivity contribution in [2.45, 2.75) is 26.3 Å². The van der Waals surface area contributed by atoms with Crippen molar-refractivity contribution in [2.75, 3.05) is 19.6 Å². The van der Waals surface area contributed by atoms with Crippen LogP contribution in [0.3, 0.4) is 0 Å². The van der Waals surface area contributed by atoms with E-state index in [-0.39, 0.29) is 6.03 Å². The van der Waals surface area contributed by atoms with Gasteiger partial charge in [-0.2, -0.15) is 0 Å². The van der Waals surface area contributed by atoms with Crippen molar-refractivity contribution in [1.29, 1.82) is 0 Å². The minimum absolute atomic E-state index is 0.155. The lowest BCUT2D eigenvalue weighted by molar-refractivity contribution is -0.150. The fraction of sp³-hybridized carbons (Fsp3) is 0.667. The Kier molecular flexibility index (Phi) is 4.21. The second-order valence-corrected chi connectivity index (χ2v) is 5.25. The van der Waals surface area contributed by atoms with E-state index in [0.29, 0.717) is 39.0 Å². The molecular formula is C12H19N5O3. The fourth-order valence-electron chi connectivity index (χ4n) is 2.16. The molecule has 1 aliphatic heterocycles. The van der Waals surface area contributed by atoms with E-state index in [9.17, 15) is 9.59 Å². The molecule has 110 valence electrons. The summed E-state index contributed by atoms with van der Waals surface area (Å²) >= 11 is 0. The molecule has 1 fully saturated rings. The van der Waals surface area contributed by atoms with Gasteiger partial charge < -0.3 is 15.3 Å². The zero-order valence-corrected chi connectivity index (χ0v) is 11.4. The Morgan fingerprint density at radius 1 is 1.40 bits per heavy atom. The molecule has 1 aromatic heterocycles. The van der Waals surface area contributed by atoms with Crippen molar-refractivity contribution in [3.8, 4) is 0 Å². The van der Waals surface area contributed by atoms with Gasteiger partial charge >= 0.3 is 12.0 Å². The van der Waals surface area contributed by atoms with Crippen molar-refractivity contribution in [1.82, 2.24) is 25.2 Å². The first-order chi connectivity index (χ1) is 9.51. The molecule has 0 aliphatic carbocycles. The normalized spacial score (nSPS) is 17.8. The van der Waals surface area contributed by atoms with Crippen LogP contribution in [-0.4, -0.2) is 56.6 Å². The van der Waals surface area contributed by atoms with Gasteiger partial charge in [0, 0.05) is 25.8 Å². The molecule has 8 nitrogen and oxygen atoms in total. The van der Waals surface area contributed by atoms with E-state index in [2.05, 4.69) is 15.6 Å². The minimum atomic E-state index is -0.788. The number of hydrogen-bond donors (Lipinski definition) is 2. The van der Waals surface area contributed by atoms with Crippen LogP contribution in [0.2, 0.25) is 0 Å². The minimum Gasteiger partial charge on any atom is -0.481 e. The maximum absolute atomic E-state index is 11.9. The van der Waals surface area contributed by atoms with Crippen LogP contribution in [0.5, 0.6) is 0 Å². The first-order valence-electron chi connectivity index (χ1n) is 6.61. The summed E-state index contributed by atoms with van der Waals surface area (Å²) in [5.41, 5.74) is -0.711. The number of nitrogens with zero attached hydrogens (tertiary/aromatic N) is 4. The monoisotopic (exact) mass is 281 g/mol. The Labute approximate surface area is 116 Å². The number of carbonyl (C=O) groups excluding carboxylic acids is 1. The number of urea groups is 1. The van der Waals surface area contributed by atoms with Crippen molar-refractivity contribution in [3.05, 3.63) is 12.4 Å². The molecule has 1 saturated heterocycles. The molecule has 0 spiro atoms. The molecule has 0 saturated carbocycles. The van der Waals surface area contributed by atoms with Crippen LogP contribution in [-0.2, 0) is 11.3 Å². The predicted molar refractivity (Wildman–Crippen MR) is 70.0 cm³/mol. The van der Waals surface area contributed by atoms with Crippen molar-refractivity contribution >= 4 is 12.0 Å². The third kappa shape index (κ3) is 3.25. The number of hydrogen-bond acceptors (Lipinski definition) is 4. The number of aliphatic carboxylic acids is 1. The number of likely N-dealkylation sites (tertiary alicyclic amines) is 1. The highest BCUT2D eigenvalue weighted by Crippen LogP contribution is 2.30. The van der Waals surface area contributed by atoms with Gasteiger partial charge in [-0.15, -0.1) is 5.10 Å². The van der Waals surface area contributed by atoms with Crippen LogP contribution < -0.4 is 5.32 Å². The van der Waals surface area contributed by atoms with E-state index in [1.807, 2.05) is 0 Å². The molecule has 1 aliphatic rings. The Hall–Kier alpha value is -2.12. The quantitative estimate of drug-likeness (QED) is 0.819. The molecule has 0 atom stereocenters. The zero-order chi connectivity index (χ0) is 14.6. The second-order valence-electron chi connectivity index (χ2n) is 5.25. The highest BCUT2D eigenvalue weighted by molar-refractivity contribution is 5.76. The SMILES string of the molecule is CC1(C(=O)O)CCN(C(=O)NCCn2ccnn2)CC1. The summed E-state index contributed by atoms with van der Waals surface area (Å²) in [6, 6.07) is -0.155. The van der Waals surface area contributed by atoms with Crippen LogP contribution in [0.4, 0.5) is 4.79 Å². The standard InChI is InChI=1S/C12H19N5O3/c1-12(10(18)19)2-6-16(7-3-12)11(20)13-4-8-17-9-5-14-15-17/h5,9H,2-4,6-8H2,1H3,(H,13,20)(H,18,19). The van der Waals surface area contributed by atoms with Crippen molar-refractivity contribution in [2.24, 2.45) is 5.41 Å². The summed E-state index contributed by atoms with van der Waals surface area (Å²) in [5.74, 6) is -0.788. The lowest BCUT2D eigenvalue weighted by atomic mass is 9.80. The third-order valence-electron chi connectivity index (χ3n) is 3.76. The van der Waals surface area contributed by atoms with Gasteiger partial charge in [0.05, 0.1) is 18.2 Å². The highest BCUT2D eigenvalue weighted by atomic mass is 16.4. The summed E-state index contributed by atoms with van der Waals surface area (Å²) in [6.07, 6.45) is 4.28. The fourth-order valence-corrected chi connectivity index (χ4v) is 2.16. The first kappa shape index (κ1) is 14.3. The summed E-state index contributed by atoms with van der Waals surface area (Å²) in [7, 11) is 0. The van der Waals surface area contributed by atoms with Gasteiger partial charge in [0.25, 0.3) is 0 Å². The van der Waals surface area contributed by atoms with Crippen LogP contribution >= 0.6 is 0 Å². The Balaban J connectivity index is 1.73. The largest absolute Gasteiger partial charge is 0.481 e. The van der Waals surface area contributed by atoms with Crippen LogP contribution in [0.15, 0.2) is 12.4 Å². The predicted octanol–water partition coefficient (Wildman–Crippen LogP) is 0.174. The number of piperidine rings is 1. The Morgan fingerprint density at radius 2 is 2.10 bits per heavy atom. The van der Waals surface area contributed by atoms with Gasteiger partial charge in [0.15, 0.2) is 0 Å². The molecule has 0 radical (unpaired) electrons. The number of carboxylic acid groups (broad SMARTS) is 1. The van der Waals surface area contributed by atoms with E-state index in [4.69, 9.17) is 5.11 Å². The summed E-state index contributed by atoms with van der Waals surface area (Å²) < 4.78 is 1.64. The average Bonchev–Trinajstić information content (AvgIpc) is 2.92. The smallest absolute Gasteiger partial charge is 0.317 e. The summed E-state index contributed by atoms with van der Waals surface area (Å²) in [6.45, 7) is 3.70. The highest BCUT2D eigenvalue weighted by Gasteiger charge is 2.37. The van der Waals surface area contributed by atoms with E-state index in [1.54, 1.807) is 28.9 Å². The number of aromatic nitrogens is 3. The molecule has 2 rings (SSSR count). The van der Waals surface area contributed by atoms with Gasteiger partial charge in [-0.25, -0.2) is 4.79 Å². The van der Waals surface area contributed by atoms with E-state index in [0.717, 1.165) is 0 Å². The number of carbonyl (C=O) groups is 2. The zero-order valence-electron chi connectivity index (χ0n) is 11.4. The second kappa shape index (κ2) is 5.89. The number of nitrogens with one attached hydrogen (secondary N) is 1. The van der Waals surface area contributed by atoms with Gasteiger partial charge in [-0.05, 0) is 19.8 Å². The van der Waals surface area contributed by atoms with E-state index < -0.39 is 11.4 Å². The molecule has 0 unspecified atom stereocenters. The summed E-state index contributed by atoms with van der Waals surface area (Å²) in [5, 5.41) is 19.4. The van der Waals surface area contributed by atoms with Crippen molar-refractivity contribution in [3.63, 3.8) is 0 Å². The average molecular weight is 281 g/mol. The topological polar surface area (TPSA) is 100 Å². The molecule has 20 heavy (non-hydrogen) atoms. The molecule has 2 heterocycles. The van der Waals surface area contributed by atoms with E-state index in [1.165, 1.54) is 0 Å². The molecule has 2 N–H and O–H groups in total. The Bertz CT molecular complexity index is 465. The van der Waals surface area contributed by atoms with E-state index >= 15 is 0 Å². The van der Waals surface area contributed by atoms with Crippen LogP contribution in [0.25, 0.3) is 0 Å². The molecule has 1 aromatic rings. The first-order valence-corrected chi connectivity index (χ1v) is 6.61. The molecule has 8 heteroatoms. The molecular weight excluding hydrogens is 262 g/mol. The molecule has 0 aromatic carbocycles. The number of amides is 2. The third-order valence-corrected chi connectivity index (χ3v) is 3.76. The maximum atomic E-state index is 11.9. The maximum Gasteiger partial charge on any atom is 0.317 e. The van der Waals surface area contributed by atoms with Crippen LogP contribution in [0.1, 0.15) is 19.8 Å². The van der Waals surface area contributed by atoms with Gasteiger partial charge in [-0.3, -0.25) is 9.48 Å². The number of rotatable bonds is 4. The van der Waals surface area contributed by atoms with Crippen molar-refractivity contribution < 1.29 is 14.7 Å². The number of carboxylic acids is 1. The molecule has 0 bridgehead atoms. The lowest BCUT2D eigenvalue weighted by Crippen LogP contribution is -2.49. The Morgan fingerprint density at radius 3 is 2.65 bits per heavy atom. The summed E-state index contributed by atoms with van der Waals surface area (Å²) in [4.78, 5) is 24.7. The lowest BCUT2D eigenvalue weighted by Gasteiger charge is -2.36. The van der Waals surface area contributed by atoms with Gasteiger partial charge in [-0.1, -0.05) is 5.21 Å². The van der Waals surface area contributed by atoms with Crippen LogP contribution in [0, 0.1) is 5.41 Å². The van der Waals surface area contributed by atoms with Gasteiger partial charge in [0.1, 0.15) is 0 Å². The van der Waals surface area contributed by atoms with Gasteiger partial charge in [0.2, 0.25) is 0 Å².